The molecule has 1 N–H and O–H groups in total. The van der Waals surface area contributed by atoms with E-state index >= 15 is 0 Å². The van der Waals surface area contributed by atoms with Gasteiger partial charge in [0.2, 0.25) is 0 Å². The fraction of sp³-hybridized carbons (Fsp3) is 0.261. The Kier molecular flexibility index (Phi) is 4.99. The lowest BCUT2D eigenvalue weighted by Crippen LogP contribution is -2.31. The van der Waals surface area contributed by atoms with E-state index in [0.717, 1.165) is 5.56 Å². The van der Waals surface area contributed by atoms with Crippen molar-refractivity contribution in [3.63, 3.8) is 0 Å². The van der Waals surface area contributed by atoms with Crippen LogP contribution in [0.2, 0.25) is 0 Å². The fourth-order valence-electron chi connectivity index (χ4n) is 4.54. The summed E-state index contributed by atoms with van der Waals surface area (Å²) in [5.74, 6) is 0.316. The van der Waals surface area contributed by atoms with E-state index in [1.807, 2.05) is 37.3 Å². The number of aryl methyl sites for hydroxylation is 1. The van der Waals surface area contributed by atoms with E-state index in [1.54, 1.807) is 0 Å². The van der Waals surface area contributed by atoms with Gasteiger partial charge in [-0.25, -0.2) is 32.7 Å². The molecule has 0 saturated carbocycles. The third-order valence-electron chi connectivity index (χ3n) is 6.27. The van der Waals surface area contributed by atoms with Crippen molar-refractivity contribution in [1.29, 1.82) is 0 Å². The summed E-state index contributed by atoms with van der Waals surface area (Å²) in [6.45, 7) is 1.81. The molecular weight excluding hydrogens is 476 g/mol. The summed E-state index contributed by atoms with van der Waals surface area (Å²) >= 11 is 1.22. The lowest BCUT2D eigenvalue weighted by molar-refractivity contribution is 0.0605. The zero-order valence-electron chi connectivity index (χ0n) is 18.6. The third kappa shape index (κ3) is 3.35. The fourth-order valence-corrected chi connectivity index (χ4v) is 5.60. The van der Waals surface area contributed by atoms with Crippen molar-refractivity contribution >= 4 is 39.0 Å². The molecule has 0 aliphatic carbocycles. The predicted molar refractivity (Wildman–Crippen MR) is 126 cm³/mol. The predicted octanol–water partition coefficient (Wildman–Crippen LogP) is 4.66. The Morgan fingerprint density at radius 2 is 2.09 bits per heavy atom. The number of ether oxygens (including phenoxy) is 1. The van der Waals surface area contributed by atoms with Gasteiger partial charge in [0, 0.05) is 0 Å². The highest BCUT2D eigenvalue weighted by atomic mass is 32.1. The van der Waals surface area contributed by atoms with E-state index in [9.17, 15) is 13.6 Å². The molecular formula is C23H19F2N7O2S. The molecule has 12 heteroatoms. The number of anilines is 1. The Balaban J connectivity index is 1.48. The van der Waals surface area contributed by atoms with Gasteiger partial charge in [0.15, 0.2) is 11.5 Å². The minimum Gasteiger partial charge on any atom is -0.465 e. The highest BCUT2D eigenvalue weighted by Crippen LogP contribution is 2.42. The van der Waals surface area contributed by atoms with Gasteiger partial charge in [-0.3, -0.25) is 0 Å². The van der Waals surface area contributed by atoms with E-state index in [4.69, 9.17) is 9.72 Å². The average molecular weight is 496 g/mol. The number of nitrogens with one attached hydrogen (secondary N) is 1. The van der Waals surface area contributed by atoms with E-state index in [2.05, 4.69) is 20.5 Å². The van der Waals surface area contributed by atoms with Crippen LogP contribution in [0.4, 0.5) is 14.6 Å². The summed E-state index contributed by atoms with van der Waals surface area (Å²) in [7, 11) is 1.33. The maximum absolute atomic E-state index is 14.0. The molecule has 178 valence electrons. The number of alkyl halides is 2. The number of nitrogens with zero attached hydrogens (tertiary/aromatic N) is 6. The normalized spacial score (nSPS) is 17.6. The molecule has 6 rings (SSSR count). The summed E-state index contributed by atoms with van der Waals surface area (Å²) in [6.07, 6.45) is 0.634. The number of esters is 1. The molecule has 0 spiro atoms. The number of methoxy groups -OCH3 is 1. The van der Waals surface area contributed by atoms with Crippen LogP contribution in [0.3, 0.4) is 0 Å². The van der Waals surface area contributed by atoms with E-state index in [-0.39, 0.29) is 12.5 Å². The quantitative estimate of drug-likeness (QED) is 0.362. The number of aromatic nitrogens is 6. The first-order valence-corrected chi connectivity index (χ1v) is 11.7. The molecule has 5 heterocycles. The Labute approximate surface area is 201 Å². The minimum atomic E-state index is -2.59. The second kappa shape index (κ2) is 8.08. The Bertz CT molecular complexity index is 1580. The highest BCUT2D eigenvalue weighted by Gasteiger charge is 2.36. The van der Waals surface area contributed by atoms with Crippen molar-refractivity contribution in [2.24, 2.45) is 0 Å². The number of benzene rings is 1. The Morgan fingerprint density at radius 3 is 2.83 bits per heavy atom. The number of carbonyl (C=O) groups excluding carboxylic acids is 1. The van der Waals surface area contributed by atoms with E-state index in [1.165, 1.54) is 40.2 Å². The lowest BCUT2D eigenvalue weighted by Gasteiger charge is -2.32. The van der Waals surface area contributed by atoms with Crippen LogP contribution < -0.4 is 5.32 Å². The molecule has 0 saturated heterocycles. The monoisotopic (exact) mass is 495 g/mol. The standard InChI is InChI=1S/C23H19F2N7O2S/c1-11-16-21-29-19(30-31(21)10-26-22(16)35-17(11)23(33)34-2)13-9-27-32-15(18(24)25)8-14(28-20(13)32)12-6-4-3-5-7-12/h3-7,9-10,14-15,18,28H,8H2,1-2H3. The van der Waals surface area contributed by atoms with Gasteiger partial charge in [0.25, 0.3) is 6.43 Å². The van der Waals surface area contributed by atoms with Gasteiger partial charge in [0.05, 0.1) is 30.3 Å². The number of hydrogen-bond donors (Lipinski definition) is 1. The highest BCUT2D eigenvalue weighted by molar-refractivity contribution is 7.20. The second-order valence-electron chi connectivity index (χ2n) is 8.27. The number of halogens is 2. The van der Waals surface area contributed by atoms with Crippen molar-refractivity contribution in [2.45, 2.75) is 31.9 Å². The molecule has 0 bridgehead atoms. The van der Waals surface area contributed by atoms with Crippen LogP contribution >= 0.6 is 11.3 Å². The van der Waals surface area contributed by atoms with Gasteiger partial charge in [-0.2, -0.15) is 5.10 Å². The molecule has 0 fully saturated rings. The van der Waals surface area contributed by atoms with Crippen LogP contribution in [0.25, 0.3) is 27.3 Å². The molecule has 1 aliphatic heterocycles. The van der Waals surface area contributed by atoms with Crippen LogP contribution in [-0.2, 0) is 4.74 Å². The zero-order chi connectivity index (χ0) is 24.3. The maximum Gasteiger partial charge on any atom is 0.348 e. The smallest absolute Gasteiger partial charge is 0.348 e. The number of hydrogen-bond acceptors (Lipinski definition) is 8. The average Bonchev–Trinajstić information content (AvgIpc) is 3.57. The van der Waals surface area contributed by atoms with E-state index < -0.39 is 18.4 Å². The number of rotatable bonds is 4. The summed E-state index contributed by atoms with van der Waals surface area (Å²) in [5, 5.41) is 12.9. The maximum atomic E-state index is 14.0. The molecule has 9 nitrogen and oxygen atoms in total. The molecule has 2 unspecified atom stereocenters. The van der Waals surface area contributed by atoms with Crippen LogP contribution in [0, 0.1) is 6.92 Å². The van der Waals surface area contributed by atoms with Crippen LogP contribution in [0.5, 0.6) is 0 Å². The van der Waals surface area contributed by atoms with Gasteiger partial charge in [-0.15, -0.1) is 16.4 Å². The van der Waals surface area contributed by atoms with Crippen LogP contribution in [0.15, 0.2) is 42.9 Å². The molecule has 4 aromatic heterocycles. The minimum absolute atomic E-state index is 0.198. The van der Waals surface area contributed by atoms with Crippen LogP contribution in [-0.4, -0.2) is 48.9 Å². The largest absolute Gasteiger partial charge is 0.465 e. The molecule has 2 atom stereocenters. The second-order valence-corrected chi connectivity index (χ2v) is 9.27. The van der Waals surface area contributed by atoms with Crippen molar-refractivity contribution in [2.75, 3.05) is 12.4 Å². The Morgan fingerprint density at radius 1 is 1.29 bits per heavy atom. The molecule has 0 amide bonds. The molecule has 1 aromatic carbocycles. The van der Waals surface area contributed by atoms with Gasteiger partial charge in [0.1, 0.15) is 27.9 Å². The number of fused-ring (bicyclic) bond motifs is 4. The van der Waals surface area contributed by atoms with Gasteiger partial charge >= 0.3 is 5.97 Å². The first kappa shape index (κ1) is 21.6. The SMILES string of the molecule is COC(=O)c1sc2ncn3nc(-c4cnn5c4NC(c4ccccc4)CC5C(F)F)nc3c2c1C. The first-order chi connectivity index (χ1) is 17.0. The lowest BCUT2D eigenvalue weighted by atomic mass is 9.97. The zero-order valence-corrected chi connectivity index (χ0v) is 19.5. The van der Waals surface area contributed by atoms with Gasteiger partial charge in [-0.05, 0) is 24.5 Å². The van der Waals surface area contributed by atoms with E-state index in [0.29, 0.717) is 43.5 Å². The molecule has 0 radical (unpaired) electrons. The first-order valence-electron chi connectivity index (χ1n) is 10.9. The molecule has 5 aromatic rings. The summed E-state index contributed by atoms with van der Waals surface area (Å²) in [4.78, 5) is 22.4. The number of thiophene rings is 1. The van der Waals surface area contributed by atoms with Crippen molar-refractivity contribution < 1.29 is 18.3 Å². The number of carbonyl (C=O) groups is 1. The van der Waals surface area contributed by atoms with Gasteiger partial charge in [-0.1, -0.05) is 30.3 Å². The van der Waals surface area contributed by atoms with Crippen molar-refractivity contribution in [3.8, 4) is 11.4 Å². The van der Waals surface area contributed by atoms with Crippen molar-refractivity contribution in [3.05, 3.63) is 58.9 Å². The third-order valence-corrected chi connectivity index (χ3v) is 7.45. The van der Waals surface area contributed by atoms with Gasteiger partial charge < -0.3 is 10.1 Å². The Hall–Kier alpha value is -3.93. The molecule has 35 heavy (non-hydrogen) atoms. The van der Waals surface area contributed by atoms with Crippen LogP contribution in [0.1, 0.15) is 39.3 Å². The summed E-state index contributed by atoms with van der Waals surface area (Å²) < 4.78 is 35.8. The molecule has 1 aliphatic rings. The summed E-state index contributed by atoms with van der Waals surface area (Å²) in [6, 6.07) is 8.08. The summed E-state index contributed by atoms with van der Waals surface area (Å²) in [5.41, 5.74) is 2.63. The topological polar surface area (TPSA) is 99.2 Å². The van der Waals surface area contributed by atoms with Crippen molar-refractivity contribution in [1.82, 2.24) is 29.4 Å².